The molecule has 0 spiro atoms. The SMILES string of the molecule is COc1ccc(NC(C#N)(CC#N)c2ccccc2)cc1. The Bertz CT molecular complexity index is 668. The number of rotatable bonds is 5. The maximum absolute atomic E-state index is 9.63. The lowest BCUT2D eigenvalue weighted by atomic mass is 9.88. The van der Waals surface area contributed by atoms with Gasteiger partial charge in [-0.25, -0.2) is 0 Å². The van der Waals surface area contributed by atoms with Crippen molar-refractivity contribution in [3.63, 3.8) is 0 Å². The van der Waals surface area contributed by atoms with E-state index in [9.17, 15) is 5.26 Å². The Morgan fingerprint density at radius 2 is 1.71 bits per heavy atom. The van der Waals surface area contributed by atoms with Crippen LogP contribution in [-0.2, 0) is 5.54 Å². The maximum Gasteiger partial charge on any atom is 0.164 e. The maximum atomic E-state index is 9.63. The number of nitrogens with one attached hydrogen (secondary N) is 1. The Morgan fingerprint density at radius 1 is 1.05 bits per heavy atom. The van der Waals surface area contributed by atoms with Crippen LogP contribution in [0.25, 0.3) is 0 Å². The third kappa shape index (κ3) is 3.13. The molecule has 0 bridgehead atoms. The zero-order valence-corrected chi connectivity index (χ0v) is 11.7. The highest BCUT2D eigenvalue weighted by molar-refractivity contribution is 5.53. The van der Waals surface area contributed by atoms with Crippen molar-refractivity contribution in [2.45, 2.75) is 12.0 Å². The van der Waals surface area contributed by atoms with Gasteiger partial charge < -0.3 is 10.1 Å². The van der Waals surface area contributed by atoms with Crippen molar-refractivity contribution in [1.29, 1.82) is 10.5 Å². The molecule has 1 N–H and O–H groups in total. The van der Waals surface area contributed by atoms with Crippen LogP contribution in [0, 0.1) is 22.7 Å². The minimum atomic E-state index is -1.06. The summed E-state index contributed by atoms with van der Waals surface area (Å²) in [6.45, 7) is 0. The van der Waals surface area contributed by atoms with E-state index < -0.39 is 5.54 Å². The van der Waals surface area contributed by atoms with Crippen LogP contribution in [0.3, 0.4) is 0 Å². The first kappa shape index (κ1) is 14.4. The summed E-state index contributed by atoms with van der Waals surface area (Å²) in [5.74, 6) is 0.739. The molecule has 4 heteroatoms. The summed E-state index contributed by atoms with van der Waals surface area (Å²) >= 11 is 0. The average molecular weight is 277 g/mol. The molecule has 0 saturated carbocycles. The van der Waals surface area contributed by atoms with E-state index in [1.165, 1.54) is 0 Å². The third-order valence-corrected chi connectivity index (χ3v) is 3.25. The molecule has 2 aromatic rings. The molecule has 0 saturated heterocycles. The van der Waals surface area contributed by atoms with Crippen LogP contribution < -0.4 is 10.1 Å². The van der Waals surface area contributed by atoms with Gasteiger partial charge in [-0.3, -0.25) is 0 Å². The Balaban J connectivity index is 2.37. The summed E-state index contributed by atoms with van der Waals surface area (Å²) < 4.78 is 5.11. The van der Waals surface area contributed by atoms with E-state index in [0.717, 1.165) is 17.0 Å². The van der Waals surface area contributed by atoms with E-state index in [-0.39, 0.29) is 6.42 Å². The summed E-state index contributed by atoms with van der Waals surface area (Å²) in [5.41, 5.74) is 0.464. The fourth-order valence-corrected chi connectivity index (χ4v) is 2.11. The van der Waals surface area contributed by atoms with Crippen molar-refractivity contribution in [2.24, 2.45) is 0 Å². The van der Waals surface area contributed by atoms with Crippen LogP contribution in [-0.4, -0.2) is 7.11 Å². The number of nitriles is 2. The third-order valence-electron chi connectivity index (χ3n) is 3.25. The molecule has 1 unspecified atom stereocenters. The lowest BCUT2D eigenvalue weighted by Crippen LogP contribution is -2.33. The molecule has 0 amide bonds. The van der Waals surface area contributed by atoms with Crippen LogP contribution in [0.1, 0.15) is 12.0 Å². The second kappa shape index (κ2) is 6.45. The summed E-state index contributed by atoms with van der Waals surface area (Å²) in [7, 11) is 1.60. The minimum Gasteiger partial charge on any atom is -0.497 e. The number of benzene rings is 2. The van der Waals surface area contributed by atoms with Crippen LogP contribution in [0.15, 0.2) is 54.6 Å². The van der Waals surface area contributed by atoms with E-state index >= 15 is 0 Å². The van der Waals surface area contributed by atoms with Crippen molar-refractivity contribution < 1.29 is 4.74 Å². The van der Waals surface area contributed by atoms with Gasteiger partial charge in [-0.15, -0.1) is 0 Å². The highest BCUT2D eigenvalue weighted by atomic mass is 16.5. The normalized spacial score (nSPS) is 12.5. The molecular weight excluding hydrogens is 262 g/mol. The van der Waals surface area contributed by atoms with Gasteiger partial charge in [0.25, 0.3) is 0 Å². The van der Waals surface area contributed by atoms with E-state index in [2.05, 4.69) is 17.5 Å². The first-order valence-corrected chi connectivity index (χ1v) is 6.50. The van der Waals surface area contributed by atoms with Crippen molar-refractivity contribution in [3.05, 3.63) is 60.2 Å². The summed E-state index contributed by atoms with van der Waals surface area (Å²) in [4.78, 5) is 0. The number of hydrogen-bond acceptors (Lipinski definition) is 4. The van der Waals surface area contributed by atoms with Crippen molar-refractivity contribution >= 4 is 5.69 Å². The molecule has 0 aromatic heterocycles. The first-order valence-electron chi connectivity index (χ1n) is 6.50. The Labute approximate surface area is 124 Å². The predicted molar refractivity (Wildman–Crippen MR) is 80.6 cm³/mol. The molecule has 0 aliphatic rings. The topological polar surface area (TPSA) is 68.8 Å². The fraction of sp³-hybridized carbons (Fsp3) is 0.176. The van der Waals surface area contributed by atoms with Crippen LogP contribution in [0.2, 0.25) is 0 Å². The van der Waals surface area contributed by atoms with Crippen LogP contribution in [0.4, 0.5) is 5.69 Å². The van der Waals surface area contributed by atoms with E-state index in [1.54, 1.807) is 7.11 Å². The predicted octanol–water partition coefficient (Wildman–Crippen LogP) is 3.44. The van der Waals surface area contributed by atoms with Crippen molar-refractivity contribution in [1.82, 2.24) is 0 Å². The molecule has 0 heterocycles. The number of hydrogen-bond donors (Lipinski definition) is 1. The van der Waals surface area contributed by atoms with Gasteiger partial charge in [-0.1, -0.05) is 30.3 Å². The first-order chi connectivity index (χ1) is 10.2. The zero-order valence-electron chi connectivity index (χ0n) is 11.7. The minimum absolute atomic E-state index is 0.0551. The molecule has 4 nitrogen and oxygen atoms in total. The second-order valence-corrected chi connectivity index (χ2v) is 4.57. The molecule has 21 heavy (non-hydrogen) atoms. The Morgan fingerprint density at radius 3 is 2.24 bits per heavy atom. The molecular formula is C17H15N3O. The number of anilines is 1. The van der Waals surface area contributed by atoms with Crippen LogP contribution >= 0.6 is 0 Å². The summed E-state index contributed by atoms with van der Waals surface area (Å²) in [6, 6.07) is 20.9. The fourth-order valence-electron chi connectivity index (χ4n) is 2.11. The summed E-state index contributed by atoms with van der Waals surface area (Å²) in [5, 5.41) is 21.9. The van der Waals surface area contributed by atoms with E-state index in [0.29, 0.717) is 0 Å². The molecule has 2 rings (SSSR count). The smallest absolute Gasteiger partial charge is 0.164 e. The summed E-state index contributed by atoms with van der Waals surface area (Å²) in [6.07, 6.45) is 0.0551. The number of nitrogens with zero attached hydrogens (tertiary/aromatic N) is 2. The Hall–Kier alpha value is -2.98. The zero-order chi connectivity index (χ0) is 15.1. The quantitative estimate of drug-likeness (QED) is 0.909. The molecule has 0 radical (unpaired) electrons. The van der Waals surface area contributed by atoms with Crippen molar-refractivity contribution in [2.75, 3.05) is 12.4 Å². The Kier molecular flexibility index (Phi) is 4.43. The molecule has 0 fully saturated rings. The highest BCUT2D eigenvalue weighted by Gasteiger charge is 2.32. The second-order valence-electron chi connectivity index (χ2n) is 4.57. The molecule has 1 atom stereocenters. The van der Waals surface area contributed by atoms with Gasteiger partial charge in [0.05, 0.1) is 25.7 Å². The van der Waals surface area contributed by atoms with Crippen molar-refractivity contribution in [3.8, 4) is 17.9 Å². The van der Waals surface area contributed by atoms with E-state index in [1.807, 2.05) is 54.6 Å². The lowest BCUT2D eigenvalue weighted by Gasteiger charge is -2.27. The van der Waals surface area contributed by atoms with Gasteiger partial charge in [0, 0.05) is 5.69 Å². The molecule has 0 aliphatic heterocycles. The standard InChI is InChI=1S/C17H15N3O/c1-21-16-9-7-15(8-10-16)20-17(13-19,11-12-18)14-5-3-2-4-6-14/h2-10,20H,11H2,1H3. The molecule has 104 valence electrons. The lowest BCUT2D eigenvalue weighted by molar-refractivity contribution is 0.415. The number of ether oxygens (including phenoxy) is 1. The molecule has 2 aromatic carbocycles. The largest absolute Gasteiger partial charge is 0.497 e. The van der Waals surface area contributed by atoms with Gasteiger partial charge in [0.2, 0.25) is 0 Å². The van der Waals surface area contributed by atoms with Gasteiger partial charge in [0.1, 0.15) is 5.75 Å². The van der Waals surface area contributed by atoms with E-state index in [4.69, 9.17) is 10.00 Å². The highest BCUT2D eigenvalue weighted by Crippen LogP contribution is 2.29. The average Bonchev–Trinajstić information content (AvgIpc) is 2.56. The monoisotopic (exact) mass is 277 g/mol. The number of methoxy groups -OCH3 is 1. The van der Waals surface area contributed by atoms with Gasteiger partial charge in [-0.2, -0.15) is 10.5 Å². The van der Waals surface area contributed by atoms with Gasteiger partial charge in [0.15, 0.2) is 5.54 Å². The van der Waals surface area contributed by atoms with Gasteiger partial charge in [-0.05, 0) is 29.8 Å². The molecule has 0 aliphatic carbocycles. The van der Waals surface area contributed by atoms with Crippen LogP contribution in [0.5, 0.6) is 5.75 Å². The van der Waals surface area contributed by atoms with Gasteiger partial charge >= 0.3 is 0 Å².